The van der Waals surface area contributed by atoms with Crippen molar-refractivity contribution in [1.29, 1.82) is 0 Å². The Bertz CT molecular complexity index is 543. The Balaban J connectivity index is 2.67. The van der Waals surface area contributed by atoms with Gasteiger partial charge in [0.05, 0.1) is 11.0 Å². The molecular formula is C12H16F3NO4S. The molecule has 0 heterocycles. The quantitative estimate of drug-likeness (QED) is 0.803. The van der Waals surface area contributed by atoms with E-state index >= 15 is 0 Å². The highest BCUT2D eigenvalue weighted by Gasteiger charge is 2.31. The van der Waals surface area contributed by atoms with Crippen LogP contribution in [-0.2, 0) is 10.0 Å². The smallest absolute Gasteiger partial charge is 0.406 e. The van der Waals surface area contributed by atoms with Crippen molar-refractivity contribution >= 4 is 10.0 Å². The van der Waals surface area contributed by atoms with Crippen LogP contribution in [0.3, 0.4) is 0 Å². The first-order chi connectivity index (χ1) is 9.64. The molecule has 5 nitrogen and oxygen atoms in total. The summed E-state index contributed by atoms with van der Waals surface area (Å²) in [7, 11) is -3.82. The van der Waals surface area contributed by atoms with Crippen LogP contribution in [0, 0.1) is 0 Å². The van der Waals surface area contributed by atoms with Crippen molar-refractivity contribution in [1.82, 2.24) is 4.72 Å². The predicted octanol–water partition coefficient (Wildman–Crippen LogP) is 2.02. The Hall–Kier alpha value is -1.32. The van der Waals surface area contributed by atoms with E-state index in [1.165, 1.54) is 0 Å². The number of alkyl halides is 3. The number of rotatable bonds is 7. The normalized spacial score (nSPS) is 14.0. The lowest BCUT2D eigenvalue weighted by Crippen LogP contribution is -2.27. The lowest BCUT2D eigenvalue weighted by molar-refractivity contribution is -0.274. The Morgan fingerprint density at radius 3 is 2.33 bits per heavy atom. The molecule has 0 aromatic heterocycles. The average molecular weight is 327 g/mol. The van der Waals surface area contributed by atoms with Crippen LogP contribution in [0.25, 0.3) is 0 Å². The fourth-order valence-corrected chi connectivity index (χ4v) is 2.52. The summed E-state index contributed by atoms with van der Waals surface area (Å²) in [5, 5.41) is 9.31. The van der Waals surface area contributed by atoms with Gasteiger partial charge in [0.2, 0.25) is 10.0 Å². The van der Waals surface area contributed by atoms with Crippen LogP contribution in [0.2, 0.25) is 0 Å². The summed E-state index contributed by atoms with van der Waals surface area (Å²) in [5.74, 6) is -0.497. The van der Waals surface area contributed by atoms with Crippen LogP contribution >= 0.6 is 0 Å². The van der Waals surface area contributed by atoms with Gasteiger partial charge in [0, 0.05) is 6.54 Å². The number of benzene rings is 1. The lowest BCUT2D eigenvalue weighted by Gasteiger charge is -2.11. The van der Waals surface area contributed by atoms with Crippen LogP contribution in [0.15, 0.2) is 29.2 Å². The van der Waals surface area contributed by atoms with Crippen LogP contribution in [0.4, 0.5) is 13.2 Å². The van der Waals surface area contributed by atoms with Crippen molar-refractivity contribution in [3.8, 4) is 5.75 Å². The molecule has 1 aromatic rings. The Morgan fingerprint density at radius 2 is 1.86 bits per heavy atom. The third-order valence-corrected chi connectivity index (χ3v) is 4.09. The number of sulfonamides is 1. The molecule has 21 heavy (non-hydrogen) atoms. The second kappa shape index (κ2) is 7.10. The van der Waals surface area contributed by atoms with Gasteiger partial charge in [0.15, 0.2) is 0 Å². The van der Waals surface area contributed by atoms with Crippen LogP contribution < -0.4 is 9.46 Å². The number of hydrogen-bond donors (Lipinski definition) is 2. The number of nitrogens with one attached hydrogen (secondary N) is 1. The summed E-state index contributed by atoms with van der Waals surface area (Å²) >= 11 is 0. The molecule has 120 valence electrons. The summed E-state index contributed by atoms with van der Waals surface area (Å²) in [4.78, 5) is -0.178. The van der Waals surface area contributed by atoms with Crippen molar-refractivity contribution in [2.75, 3.05) is 6.54 Å². The maximum absolute atomic E-state index is 12.0. The van der Waals surface area contributed by atoms with Crippen molar-refractivity contribution in [3.05, 3.63) is 24.3 Å². The Labute approximate surface area is 120 Å². The first-order valence-electron chi connectivity index (χ1n) is 6.17. The number of ether oxygens (including phenoxy) is 1. The zero-order valence-corrected chi connectivity index (χ0v) is 12.0. The highest BCUT2D eigenvalue weighted by Crippen LogP contribution is 2.23. The molecule has 0 spiro atoms. The Kier molecular flexibility index (Phi) is 5.99. The van der Waals surface area contributed by atoms with Gasteiger partial charge in [-0.2, -0.15) is 0 Å². The molecule has 0 bridgehead atoms. The van der Waals surface area contributed by atoms with Gasteiger partial charge in [0.25, 0.3) is 0 Å². The van der Waals surface area contributed by atoms with Gasteiger partial charge in [-0.3, -0.25) is 0 Å². The second-order valence-corrected chi connectivity index (χ2v) is 6.03. The van der Waals surface area contributed by atoms with Gasteiger partial charge < -0.3 is 9.84 Å². The Morgan fingerprint density at radius 1 is 1.29 bits per heavy atom. The molecule has 0 saturated heterocycles. The predicted molar refractivity (Wildman–Crippen MR) is 69.2 cm³/mol. The zero-order valence-electron chi connectivity index (χ0n) is 11.2. The number of hydrogen-bond acceptors (Lipinski definition) is 4. The standard InChI is InChI=1S/C12H16F3NO4S/c1-2-9(17)7-8-16-21(18,19)11-5-3-10(4-6-11)20-12(13,14)15/h3-6,9,16-17H,2,7-8H2,1H3. The molecule has 1 unspecified atom stereocenters. The van der Waals surface area contributed by atoms with E-state index in [1.807, 2.05) is 0 Å². The fourth-order valence-electron chi connectivity index (χ4n) is 1.47. The summed E-state index contributed by atoms with van der Waals surface area (Å²) < 4.78 is 65.5. The molecular weight excluding hydrogens is 311 g/mol. The van der Waals surface area contributed by atoms with Crippen molar-refractivity contribution < 1.29 is 31.4 Å². The van der Waals surface area contributed by atoms with Crippen molar-refractivity contribution in [2.45, 2.75) is 37.1 Å². The monoisotopic (exact) mass is 327 g/mol. The average Bonchev–Trinajstić information content (AvgIpc) is 2.37. The lowest BCUT2D eigenvalue weighted by atomic mass is 10.2. The SMILES string of the molecule is CCC(O)CCNS(=O)(=O)c1ccc(OC(F)(F)F)cc1. The molecule has 0 amide bonds. The molecule has 0 saturated carbocycles. The summed E-state index contributed by atoms with van der Waals surface area (Å²) in [6.07, 6.45) is -4.67. The highest BCUT2D eigenvalue weighted by atomic mass is 32.2. The van der Waals surface area contributed by atoms with Gasteiger partial charge in [-0.15, -0.1) is 13.2 Å². The molecule has 0 aliphatic heterocycles. The molecule has 0 aliphatic rings. The van der Waals surface area contributed by atoms with Crippen molar-refractivity contribution in [2.24, 2.45) is 0 Å². The third-order valence-electron chi connectivity index (χ3n) is 2.61. The molecule has 2 N–H and O–H groups in total. The van der Waals surface area contributed by atoms with Crippen LogP contribution in [-0.4, -0.2) is 32.5 Å². The van der Waals surface area contributed by atoms with Crippen LogP contribution in [0.5, 0.6) is 5.75 Å². The summed E-state index contributed by atoms with van der Waals surface area (Å²) in [6, 6.07) is 3.87. The first kappa shape index (κ1) is 17.7. The van der Waals surface area contributed by atoms with Gasteiger partial charge in [0.1, 0.15) is 5.75 Å². The van der Waals surface area contributed by atoms with E-state index in [-0.39, 0.29) is 17.9 Å². The first-order valence-corrected chi connectivity index (χ1v) is 7.66. The van der Waals surface area contributed by atoms with E-state index in [9.17, 15) is 26.7 Å². The van der Waals surface area contributed by atoms with Crippen molar-refractivity contribution in [3.63, 3.8) is 0 Å². The van der Waals surface area contributed by atoms with Gasteiger partial charge in [-0.25, -0.2) is 13.1 Å². The third kappa shape index (κ3) is 6.32. The maximum atomic E-state index is 12.0. The molecule has 1 atom stereocenters. The van der Waals surface area contributed by atoms with E-state index in [0.29, 0.717) is 6.42 Å². The molecule has 1 aromatic carbocycles. The number of aliphatic hydroxyl groups excluding tert-OH is 1. The number of aliphatic hydroxyl groups is 1. The highest BCUT2D eigenvalue weighted by molar-refractivity contribution is 7.89. The topological polar surface area (TPSA) is 75.6 Å². The largest absolute Gasteiger partial charge is 0.573 e. The maximum Gasteiger partial charge on any atom is 0.573 e. The minimum Gasteiger partial charge on any atom is -0.406 e. The van der Waals surface area contributed by atoms with E-state index in [4.69, 9.17) is 0 Å². The van der Waals surface area contributed by atoms with Gasteiger partial charge in [-0.05, 0) is 37.1 Å². The van der Waals surface area contributed by atoms with E-state index in [0.717, 1.165) is 24.3 Å². The van der Waals surface area contributed by atoms with E-state index < -0.39 is 28.2 Å². The fraction of sp³-hybridized carbons (Fsp3) is 0.500. The zero-order chi connectivity index (χ0) is 16.1. The van der Waals surface area contributed by atoms with E-state index in [2.05, 4.69) is 9.46 Å². The minimum atomic E-state index is -4.82. The molecule has 0 radical (unpaired) electrons. The molecule has 1 rings (SSSR count). The van der Waals surface area contributed by atoms with Crippen LogP contribution in [0.1, 0.15) is 19.8 Å². The minimum absolute atomic E-state index is 0.0398. The molecule has 0 aliphatic carbocycles. The molecule has 0 fully saturated rings. The van der Waals surface area contributed by atoms with E-state index in [1.54, 1.807) is 6.92 Å². The van der Waals surface area contributed by atoms with Gasteiger partial charge >= 0.3 is 6.36 Å². The molecule has 9 heteroatoms. The number of halogens is 3. The van der Waals surface area contributed by atoms with Gasteiger partial charge in [-0.1, -0.05) is 6.92 Å². The summed E-state index contributed by atoms with van der Waals surface area (Å²) in [6.45, 7) is 1.80. The summed E-state index contributed by atoms with van der Waals surface area (Å²) in [5.41, 5.74) is 0. The second-order valence-electron chi connectivity index (χ2n) is 4.27.